The molecule has 0 amide bonds. The molecule has 0 N–H and O–H groups in total. The second-order valence-corrected chi connectivity index (χ2v) is 4.28. The lowest BCUT2D eigenvalue weighted by molar-refractivity contribution is 0.126. The van der Waals surface area contributed by atoms with Gasteiger partial charge in [0.15, 0.2) is 5.65 Å². The van der Waals surface area contributed by atoms with Crippen molar-refractivity contribution in [2.24, 2.45) is 0 Å². The number of pyridine rings is 1. The highest BCUT2D eigenvalue weighted by molar-refractivity contribution is 6.31. The average molecular weight is 280 g/mol. The first kappa shape index (κ1) is 12.5. The molecule has 0 saturated heterocycles. The lowest BCUT2D eigenvalue weighted by atomic mass is 10.4. The van der Waals surface area contributed by atoms with Crippen LogP contribution in [-0.2, 0) is 13.0 Å². The Kier molecular flexibility index (Phi) is 3.79. The smallest absolute Gasteiger partial charge is 0.256 e. The van der Waals surface area contributed by atoms with Gasteiger partial charge in [0.1, 0.15) is 11.3 Å². The highest BCUT2D eigenvalue weighted by atomic mass is 35.5. The largest absolute Gasteiger partial charge is 0.307 e. The van der Waals surface area contributed by atoms with Gasteiger partial charge in [0.05, 0.1) is 11.6 Å². The first-order valence-corrected chi connectivity index (χ1v) is 5.88. The summed E-state index contributed by atoms with van der Waals surface area (Å²) in [5.41, 5.74) is 0.924. The molecule has 0 aliphatic rings. The van der Waals surface area contributed by atoms with E-state index in [1.165, 1.54) is 10.8 Å². The monoisotopic (exact) mass is 279 g/mol. The zero-order chi connectivity index (χ0) is 12.4. The molecule has 0 saturated carbocycles. The molecule has 2 aromatic heterocycles. The van der Waals surface area contributed by atoms with Crippen LogP contribution in [0.15, 0.2) is 12.3 Å². The topological polar surface area (TPSA) is 30.7 Å². The molecule has 0 radical (unpaired) electrons. The maximum atomic E-state index is 12.5. The molecule has 0 aromatic carbocycles. The Morgan fingerprint density at radius 1 is 1.41 bits per heavy atom. The maximum Gasteiger partial charge on any atom is 0.256 e. The molecule has 7 heteroatoms. The molecule has 3 nitrogen and oxygen atoms in total. The van der Waals surface area contributed by atoms with Gasteiger partial charge in [0.2, 0.25) is 0 Å². The summed E-state index contributed by atoms with van der Waals surface area (Å²) in [5, 5.41) is 0.427. The Bertz CT molecular complexity index is 527. The minimum absolute atomic E-state index is 0.320. The van der Waals surface area contributed by atoms with Gasteiger partial charge in [0, 0.05) is 18.5 Å². The Morgan fingerprint density at radius 3 is 2.82 bits per heavy atom. The maximum absolute atomic E-state index is 12.5. The summed E-state index contributed by atoms with van der Waals surface area (Å²) in [4.78, 5) is 8.24. The van der Waals surface area contributed by atoms with Gasteiger partial charge in [-0.1, -0.05) is 11.6 Å². The second-order valence-electron chi connectivity index (χ2n) is 3.46. The molecule has 0 fully saturated rings. The Hall–Kier alpha value is -0.940. The van der Waals surface area contributed by atoms with Crippen molar-refractivity contribution in [1.82, 2.24) is 14.5 Å². The number of halogens is 4. The molecule has 92 valence electrons. The van der Waals surface area contributed by atoms with E-state index in [0.29, 0.717) is 34.3 Å². The summed E-state index contributed by atoms with van der Waals surface area (Å²) in [6.45, 7) is -0.433. The number of rotatable bonds is 4. The van der Waals surface area contributed by atoms with Crippen molar-refractivity contribution in [3.63, 3.8) is 0 Å². The van der Waals surface area contributed by atoms with Crippen molar-refractivity contribution in [1.29, 1.82) is 0 Å². The van der Waals surface area contributed by atoms with E-state index in [4.69, 9.17) is 23.2 Å². The van der Waals surface area contributed by atoms with Gasteiger partial charge in [-0.05, 0) is 6.07 Å². The Balaban J connectivity index is 2.54. The number of hydrogen-bond donors (Lipinski definition) is 0. The highest BCUT2D eigenvalue weighted by Gasteiger charge is 2.15. The third-order valence-corrected chi connectivity index (χ3v) is 2.66. The summed E-state index contributed by atoms with van der Waals surface area (Å²) in [5.74, 6) is 0.824. The lowest BCUT2D eigenvalue weighted by Crippen LogP contribution is -2.11. The average Bonchev–Trinajstić information content (AvgIpc) is 2.56. The number of hydrogen-bond acceptors (Lipinski definition) is 2. The fourth-order valence-corrected chi connectivity index (χ4v) is 1.96. The van der Waals surface area contributed by atoms with Gasteiger partial charge < -0.3 is 4.57 Å². The van der Waals surface area contributed by atoms with Gasteiger partial charge >= 0.3 is 0 Å². The number of nitrogens with zero attached hydrogens (tertiary/aromatic N) is 3. The molecule has 17 heavy (non-hydrogen) atoms. The van der Waals surface area contributed by atoms with Crippen molar-refractivity contribution < 1.29 is 8.78 Å². The molecule has 2 rings (SSSR count). The van der Waals surface area contributed by atoms with Crippen LogP contribution in [-0.4, -0.2) is 26.8 Å². The number of alkyl halides is 3. The van der Waals surface area contributed by atoms with Gasteiger partial charge in [-0.3, -0.25) is 0 Å². The molecule has 2 heterocycles. The fraction of sp³-hybridized carbons (Fsp3) is 0.400. The zero-order valence-electron chi connectivity index (χ0n) is 8.71. The van der Waals surface area contributed by atoms with Gasteiger partial charge in [0.25, 0.3) is 6.43 Å². The van der Waals surface area contributed by atoms with E-state index in [-0.39, 0.29) is 0 Å². The van der Waals surface area contributed by atoms with Crippen molar-refractivity contribution in [2.75, 3.05) is 5.88 Å². The Labute approximate surface area is 106 Å². The van der Waals surface area contributed by atoms with Crippen molar-refractivity contribution in [3.8, 4) is 0 Å². The summed E-state index contributed by atoms with van der Waals surface area (Å²) in [6.07, 6.45) is -0.626. The molecule has 0 aliphatic carbocycles. The third-order valence-electron chi connectivity index (χ3n) is 2.27. The van der Waals surface area contributed by atoms with Gasteiger partial charge in [-0.15, -0.1) is 11.6 Å². The molecular formula is C10H9Cl2F2N3. The predicted octanol–water partition coefficient (Wildman–Crippen LogP) is 3.13. The summed E-state index contributed by atoms with van der Waals surface area (Å²) in [7, 11) is 0. The molecule has 2 aromatic rings. The van der Waals surface area contributed by atoms with Crippen molar-refractivity contribution >= 4 is 34.4 Å². The summed E-state index contributed by atoms with van der Waals surface area (Å²) in [6, 6.07) is 1.60. The van der Waals surface area contributed by atoms with E-state index < -0.39 is 13.0 Å². The van der Waals surface area contributed by atoms with Crippen LogP contribution in [0.2, 0.25) is 5.02 Å². The highest BCUT2D eigenvalue weighted by Crippen LogP contribution is 2.19. The molecule has 0 aliphatic heterocycles. The van der Waals surface area contributed by atoms with Crippen LogP contribution in [0.3, 0.4) is 0 Å². The van der Waals surface area contributed by atoms with E-state index in [2.05, 4.69) is 9.97 Å². The van der Waals surface area contributed by atoms with Gasteiger partial charge in [-0.2, -0.15) is 0 Å². The van der Waals surface area contributed by atoms with E-state index in [9.17, 15) is 8.78 Å². The number of imidazole rings is 1. The van der Waals surface area contributed by atoms with Crippen LogP contribution >= 0.6 is 23.2 Å². The third kappa shape index (κ3) is 2.66. The molecule has 0 spiro atoms. The summed E-state index contributed by atoms with van der Waals surface area (Å²) < 4.78 is 26.4. The van der Waals surface area contributed by atoms with Crippen LogP contribution in [0.25, 0.3) is 11.2 Å². The quantitative estimate of drug-likeness (QED) is 0.805. The molecule has 0 unspecified atom stereocenters. The molecule has 0 bridgehead atoms. The summed E-state index contributed by atoms with van der Waals surface area (Å²) >= 11 is 11.4. The number of fused-ring (bicyclic) bond motifs is 1. The zero-order valence-corrected chi connectivity index (χ0v) is 10.2. The molecule has 0 atom stereocenters. The lowest BCUT2D eigenvalue weighted by Gasteiger charge is -2.06. The van der Waals surface area contributed by atoms with E-state index in [0.717, 1.165) is 0 Å². The van der Waals surface area contributed by atoms with Crippen LogP contribution < -0.4 is 0 Å². The standard InChI is InChI=1S/C10H9Cl2F2N3/c11-2-1-9-16-7-3-6(12)4-15-10(7)17(9)5-8(13)14/h3-4,8H,1-2,5H2. The number of aromatic nitrogens is 3. The second kappa shape index (κ2) is 5.14. The minimum atomic E-state index is -2.46. The first-order chi connectivity index (χ1) is 8.11. The predicted molar refractivity (Wildman–Crippen MR) is 63.0 cm³/mol. The van der Waals surface area contributed by atoms with Crippen molar-refractivity contribution in [3.05, 3.63) is 23.1 Å². The normalized spacial score (nSPS) is 11.6. The van der Waals surface area contributed by atoms with E-state index in [1.54, 1.807) is 6.07 Å². The SMILES string of the molecule is FC(F)Cn1c(CCCl)nc2cc(Cl)cnc21. The Morgan fingerprint density at radius 2 is 2.18 bits per heavy atom. The van der Waals surface area contributed by atoms with Crippen LogP contribution in [0.1, 0.15) is 5.82 Å². The number of aryl methyl sites for hydroxylation is 1. The van der Waals surface area contributed by atoms with E-state index >= 15 is 0 Å². The minimum Gasteiger partial charge on any atom is -0.307 e. The van der Waals surface area contributed by atoms with Crippen LogP contribution in [0, 0.1) is 0 Å². The first-order valence-electron chi connectivity index (χ1n) is 4.96. The van der Waals surface area contributed by atoms with Gasteiger partial charge in [-0.25, -0.2) is 18.7 Å². The van der Waals surface area contributed by atoms with Crippen molar-refractivity contribution in [2.45, 2.75) is 19.4 Å². The van der Waals surface area contributed by atoms with Crippen LogP contribution in [0.5, 0.6) is 0 Å². The van der Waals surface area contributed by atoms with E-state index in [1.807, 2.05) is 0 Å². The fourth-order valence-electron chi connectivity index (χ4n) is 1.64. The molecular weight excluding hydrogens is 271 g/mol. The van der Waals surface area contributed by atoms with Crippen LogP contribution in [0.4, 0.5) is 8.78 Å².